The topological polar surface area (TPSA) is 38.9 Å². The van der Waals surface area contributed by atoms with E-state index in [2.05, 4.69) is 110 Å². The van der Waals surface area contributed by atoms with Crippen LogP contribution in [0, 0.1) is 18.1 Å². The molecule has 0 spiro atoms. The molecule has 3 heterocycles. The molecule has 3 nitrogen and oxygen atoms in total. The fraction of sp³-hybridized carbons (Fsp3) is 0.171. The van der Waals surface area contributed by atoms with Crippen LogP contribution in [0.25, 0.3) is 55.6 Å². The summed E-state index contributed by atoms with van der Waals surface area (Å²) < 4.78 is 6.23. The van der Waals surface area contributed by atoms with Crippen LogP contribution in [0.1, 0.15) is 19.4 Å². The van der Waals surface area contributed by atoms with Crippen LogP contribution in [0.5, 0.6) is 0 Å². The van der Waals surface area contributed by atoms with Crippen LogP contribution in [-0.2, 0) is 26.5 Å². The van der Waals surface area contributed by atoms with Crippen molar-refractivity contribution >= 4 is 35.2 Å². The molecule has 1 radical (unpaired) electrons. The summed E-state index contributed by atoms with van der Waals surface area (Å²) in [7, 11) is -1.34. The number of benzene rings is 4. The van der Waals surface area contributed by atoms with Crippen molar-refractivity contribution in [2.24, 2.45) is 5.92 Å². The Kier molecular flexibility index (Phi) is 10.5. The first-order valence-corrected chi connectivity index (χ1v) is 19.1. The molecule has 0 saturated carbocycles. The van der Waals surface area contributed by atoms with Crippen molar-refractivity contribution in [3.63, 3.8) is 0 Å². The number of hydrogen-bond donors (Lipinski definition) is 0. The maximum atomic E-state index is 6.23. The fourth-order valence-corrected chi connectivity index (χ4v) is 7.32. The van der Waals surface area contributed by atoms with Gasteiger partial charge in [-0.05, 0) is 52.2 Å². The Morgan fingerprint density at radius 2 is 1.50 bits per heavy atom. The molecule has 4 aromatic carbocycles. The molecule has 7 aromatic rings. The first kappa shape index (κ1) is 33.2. The average molecular weight is 795 g/mol. The molecule has 0 fully saturated rings. The summed E-state index contributed by atoms with van der Waals surface area (Å²) in [5.41, 5.74) is 9.42. The molecule has 0 bridgehead atoms. The van der Waals surface area contributed by atoms with Crippen LogP contribution in [0.4, 0.5) is 0 Å². The molecular weight excluding hydrogens is 757 g/mol. The predicted octanol–water partition coefficient (Wildman–Crippen LogP) is 10.4. The standard InChI is InChI=1S/C23H14NO.C18H24NSi.Ir/c1-2-7-16(8-3-1)17-12-13-18-19-9-6-10-20(21-11-4-5-14-24-21)23(19)25-22(18)15-17;1-14(2)11-16-12-17(15-9-7-6-8-10-15)19-13-18(16)20(3,4)5;/h1-9,11-15H;6-9,12-14H,11H2,1-5H3;/q2*-1;. The summed E-state index contributed by atoms with van der Waals surface area (Å²) in [6.45, 7) is 11.7. The van der Waals surface area contributed by atoms with Gasteiger partial charge in [0.25, 0.3) is 0 Å². The molecule has 0 saturated heterocycles. The van der Waals surface area contributed by atoms with E-state index in [9.17, 15) is 0 Å². The molecule has 0 aliphatic carbocycles. The third-order valence-corrected chi connectivity index (χ3v) is 9.94. The van der Waals surface area contributed by atoms with Gasteiger partial charge in [-0.3, -0.25) is 0 Å². The molecule has 46 heavy (non-hydrogen) atoms. The van der Waals surface area contributed by atoms with E-state index in [0.717, 1.165) is 56.4 Å². The quantitative estimate of drug-likeness (QED) is 0.124. The van der Waals surface area contributed by atoms with Gasteiger partial charge in [0.15, 0.2) is 0 Å². The van der Waals surface area contributed by atoms with Crippen LogP contribution >= 0.6 is 0 Å². The van der Waals surface area contributed by atoms with Crippen molar-refractivity contribution in [3.8, 4) is 33.6 Å². The Bertz CT molecular complexity index is 2030. The zero-order valence-corrected chi connectivity index (χ0v) is 30.4. The second-order valence-electron chi connectivity index (χ2n) is 12.8. The minimum atomic E-state index is -1.34. The summed E-state index contributed by atoms with van der Waals surface area (Å²) in [4.78, 5) is 9.13. The molecule has 0 unspecified atom stereocenters. The molecule has 0 aliphatic rings. The Hall–Kier alpha value is -4.15. The molecule has 3 aromatic heterocycles. The zero-order chi connectivity index (χ0) is 31.4. The minimum absolute atomic E-state index is 0. The summed E-state index contributed by atoms with van der Waals surface area (Å²) in [6, 6.07) is 43.5. The van der Waals surface area contributed by atoms with Crippen molar-refractivity contribution in [1.29, 1.82) is 0 Å². The zero-order valence-electron chi connectivity index (χ0n) is 27.0. The number of fused-ring (bicyclic) bond motifs is 3. The first-order valence-electron chi connectivity index (χ1n) is 15.6. The van der Waals surface area contributed by atoms with Gasteiger partial charge in [0, 0.05) is 37.9 Å². The van der Waals surface area contributed by atoms with E-state index in [1.807, 2.05) is 60.7 Å². The van der Waals surface area contributed by atoms with Gasteiger partial charge >= 0.3 is 0 Å². The van der Waals surface area contributed by atoms with E-state index >= 15 is 0 Å². The van der Waals surface area contributed by atoms with Gasteiger partial charge in [-0.15, -0.1) is 54.1 Å². The largest absolute Gasteiger partial charge is 0.501 e. The Morgan fingerprint density at radius 3 is 2.20 bits per heavy atom. The first-order chi connectivity index (χ1) is 21.8. The average Bonchev–Trinajstić information content (AvgIpc) is 3.44. The van der Waals surface area contributed by atoms with Crippen LogP contribution in [0.2, 0.25) is 19.6 Å². The molecule has 7 rings (SSSR count). The number of aromatic nitrogens is 2. The van der Waals surface area contributed by atoms with Crippen LogP contribution in [0.15, 0.2) is 126 Å². The van der Waals surface area contributed by atoms with Gasteiger partial charge in [-0.1, -0.05) is 111 Å². The summed E-state index contributed by atoms with van der Waals surface area (Å²) in [6.07, 6.45) is 5.03. The van der Waals surface area contributed by atoms with E-state index in [4.69, 9.17) is 4.42 Å². The maximum Gasteiger partial charge on any atom is 0.121 e. The SMILES string of the molecule is CC(C)Cc1cc(-c2[c-]cccc2)ncc1[Si](C)(C)C.[Ir].[c-]1ccc2c(oc3cc(-c4ccccc4)ccc32)c1-c1ccccn1. The van der Waals surface area contributed by atoms with E-state index < -0.39 is 8.07 Å². The summed E-state index contributed by atoms with van der Waals surface area (Å²) >= 11 is 0. The van der Waals surface area contributed by atoms with E-state index in [-0.39, 0.29) is 20.1 Å². The molecule has 233 valence electrons. The molecule has 0 atom stereocenters. The number of furan rings is 1. The second-order valence-corrected chi connectivity index (χ2v) is 17.9. The monoisotopic (exact) mass is 795 g/mol. The summed E-state index contributed by atoms with van der Waals surface area (Å²) in [5.74, 6) is 0.667. The van der Waals surface area contributed by atoms with Crippen molar-refractivity contribution < 1.29 is 24.5 Å². The van der Waals surface area contributed by atoms with Gasteiger partial charge in [-0.25, -0.2) is 0 Å². The van der Waals surface area contributed by atoms with Crippen LogP contribution in [0.3, 0.4) is 0 Å². The third-order valence-electron chi connectivity index (χ3n) is 7.87. The van der Waals surface area contributed by atoms with Crippen LogP contribution < -0.4 is 5.19 Å². The fourth-order valence-electron chi connectivity index (χ4n) is 5.73. The molecule has 0 amide bonds. The second kappa shape index (κ2) is 14.5. The number of pyridine rings is 2. The van der Waals surface area contributed by atoms with Gasteiger partial charge in [0.1, 0.15) is 5.58 Å². The molecule has 0 N–H and O–H groups in total. The van der Waals surface area contributed by atoms with Crippen molar-refractivity contribution in [2.45, 2.75) is 39.9 Å². The Morgan fingerprint density at radius 1 is 0.717 bits per heavy atom. The Balaban J connectivity index is 0.000000182. The smallest absolute Gasteiger partial charge is 0.121 e. The minimum Gasteiger partial charge on any atom is -0.501 e. The van der Waals surface area contributed by atoms with Gasteiger partial charge in [0.2, 0.25) is 0 Å². The third kappa shape index (κ3) is 7.45. The van der Waals surface area contributed by atoms with Crippen molar-refractivity contribution in [2.75, 3.05) is 0 Å². The normalized spacial score (nSPS) is 11.3. The molecule has 0 aliphatic heterocycles. The number of hydrogen-bond acceptors (Lipinski definition) is 3. The molecular formula is C41H38IrN2OSi-2. The van der Waals surface area contributed by atoms with Crippen molar-refractivity contribution in [1.82, 2.24) is 9.97 Å². The maximum absolute atomic E-state index is 6.23. The van der Waals surface area contributed by atoms with Gasteiger partial charge < -0.3 is 14.4 Å². The van der Waals surface area contributed by atoms with E-state index in [1.54, 1.807) is 6.20 Å². The van der Waals surface area contributed by atoms with E-state index in [1.165, 1.54) is 16.3 Å². The summed E-state index contributed by atoms with van der Waals surface area (Å²) in [5, 5.41) is 3.70. The van der Waals surface area contributed by atoms with Gasteiger partial charge in [0.05, 0.1) is 13.7 Å². The van der Waals surface area contributed by atoms with E-state index in [0.29, 0.717) is 5.92 Å². The number of rotatable bonds is 6. The number of nitrogens with zero attached hydrogens (tertiary/aromatic N) is 2. The van der Waals surface area contributed by atoms with Gasteiger partial charge in [-0.2, -0.15) is 0 Å². The van der Waals surface area contributed by atoms with Crippen molar-refractivity contribution in [3.05, 3.63) is 139 Å². The van der Waals surface area contributed by atoms with Crippen LogP contribution in [-0.4, -0.2) is 18.0 Å². The molecule has 5 heteroatoms. The Labute approximate surface area is 287 Å². The predicted molar refractivity (Wildman–Crippen MR) is 191 cm³/mol.